The molecule has 0 atom stereocenters. The van der Waals surface area contributed by atoms with Gasteiger partial charge in [-0.3, -0.25) is 4.99 Å². The molecule has 5 nitrogen and oxygen atoms in total. The van der Waals surface area contributed by atoms with Crippen molar-refractivity contribution in [2.75, 3.05) is 53.0 Å². The molecule has 0 aromatic carbocycles. The van der Waals surface area contributed by atoms with Gasteiger partial charge in [0.15, 0.2) is 5.96 Å². The summed E-state index contributed by atoms with van der Waals surface area (Å²) < 4.78 is 5.31. The van der Waals surface area contributed by atoms with Crippen molar-refractivity contribution in [2.45, 2.75) is 33.1 Å². The maximum atomic E-state index is 5.31. The topological polar surface area (TPSA) is 48.9 Å². The van der Waals surface area contributed by atoms with Gasteiger partial charge in [0.2, 0.25) is 0 Å². The molecule has 1 saturated heterocycles. The fourth-order valence-corrected chi connectivity index (χ4v) is 2.36. The molecule has 0 spiro atoms. The second kappa shape index (κ2) is 10.9. The Morgan fingerprint density at radius 3 is 2.60 bits per heavy atom. The highest BCUT2D eigenvalue weighted by atomic mass is 16.5. The average Bonchev–Trinajstić information content (AvgIpc) is 2.47. The lowest BCUT2D eigenvalue weighted by atomic mass is 9.99. The van der Waals surface area contributed by atoms with E-state index in [0.717, 1.165) is 51.1 Å². The Balaban J connectivity index is 2.03. The van der Waals surface area contributed by atoms with Gasteiger partial charge < -0.3 is 20.3 Å². The summed E-state index contributed by atoms with van der Waals surface area (Å²) in [5.41, 5.74) is 0. The quantitative estimate of drug-likeness (QED) is 0.401. The molecule has 0 aromatic heterocycles. The first-order valence-corrected chi connectivity index (χ1v) is 8.00. The number of piperidine rings is 1. The molecule has 0 aromatic rings. The van der Waals surface area contributed by atoms with Gasteiger partial charge in [-0.2, -0.15) is 0 Å². The SMILES string of the molecule is CCOCCCNC(=NC)NCCN1CCC(C)CC1. The van der Waals surface area contributed by atoms with Crippen molar-refractivity contribution < 1.29 is 4.74 Å². The highest BCUT2D eigenvalue weighted by Gasteiger charge is 2.14. The number of hydrogen-bond acceptors (Lipinski definition) is 3. The van der Waals surface area contributed by atoms with Gasteiger partial charge in [-0.05, 0) is 45.2 Å². The lowest BCUT2D eigenvalue weighted by Crippen LogP contribution is -2.43. The Morgan fingerprint density at radius 1 is 1.25 bits per heavy atom. The molecule has 0 aliphatic carbocycles. The van der Waals surface area contributed by atoms with Gasteiger partial charge in [-0.25, -0.2) is 0 Å². The molecular formula is C15H32N4O. The smallest absolute Gasteiger partial charge is 0.191 e. The molecule has 1 rings (SSSR count). The summed E-state index contributed by atoms with van der Waals surface area (Å²) in [5, 5.41) is 6.69. The molecule has 5 heteroatoms. The lowest BCUT2D eigenvalue weighted by molar-refractivity contribution is 0.145. The second-order valence-electron chi connectivity index (χ2n) is 5.50. The van der Waals surface area contributed by atoms with Crippen LogP contribution in [-0.4, -0.2) is 63.8 Å². The summed E-state index contributed by atoms with van der Waals surface area (Å²) in [6.07, 6.45) is 3.69. The largest absolute Gasteiger partial charge is 0.382 e. The van der Waals surface area contributed by atoms with Gasteiger partial charge >= 0.3 is 0 Å². The minimum Gasteiger partial charge on any atom is -0.382 e. The van der Waals surface area contributed by atoms with Crippen LogP contribution < -0.4 is 10.6 Å². The van der Waals surface area contributed by atoms with E-state index in [0.29, 0.717) is 0 Å². The molecule has 0 bridgehead atoms. The van der Waals surface area contributed by atoms with E-state index < -0.39 is 0 Å². The minimum atomic E-state index is 0.793. The minimum absolute atomic E-state index is 0.793. The fourth-order valence-electron chi connectivity index (χ4n) is 2.36. The highest BCUT2D eigenvalue weighted by molar-refractivity contribution is 5.79. The summed E-state index contributed by atoms with van der Waals surface area (Å²) in [6, 6.07) is 0. The van der Waals surface area contributed by atoms with Crippen molar-refractivity contribution in [2.24, 2.45) is 10.9 Å². The molecule has 0 unspecified atom stereocenters. The number of aliphatic imine (C=N–C) groups is 1. The molecule has 0 amide bonds. The summed E-state index contributed by atoms with van der Waals surface area (Å²) in [7, 11) is 1.82. The van der Waals surface area contributed by atoms with Gasteiger partial charge in [0.1, 0.15) is 0 Å². The molecule has 1 fully saturated rings. The normalized spacial score (nSPS) is 18.2. The first-order valence-electron chi connectivity index (χ1n) is 8.00. The van der Waals surface area contributed by atoms with Crippen LogP contribution in [0.2, 0.25) is 0 Å². The molecular weight excluding hydrogens is 252 g/mol. The third kappa shape index (κ3) is 7.70. The Labute approximate surface area is 124 Å². The van der Waals surface area contributed by atoms with E-state index in [1.165, 1.54) is 25.9 Å². The predicted octanol–water partition coefficient (Wildman–Crippen LogP) is 1.31. The zero-order valence-corrected chi connectivity index (χ0v) is 13.5. The van der Waals surface area contributed by atoms with E-state index in [2.05, 4.69) is 27.4 Å². The maximum absolute atomic E-state index is 5.31. The third-order valence-corrected chi connectivity index (χ3v) is 3.78. The summed E-state index contributed by atoms with van der Waals surface area (Å²) in [4.78, 5) is 6.77. The van der Waals surface area contributed by atoms with Crippen molar-refractivity contribution in [3.05, 3.63) is 0 Å². The van der Waals surface area contributed by atoms with Crippen LogP contribution in [0.1, 0.15) is 33.1 Å². The first-order chi connectivity index (χ1) is 9.76. The number of nitrogens with one attached hydrogen (secondary N) is 2. The summed E-state index contributed by atoms with van der Waals surface area (Å²) in [5.74, 6) is 1.80. The zero-order chi connectivity index (χ0) is 14.6. The molecule has 0 saturated carbocycles. The van der Waals surface area contributed by atoms with Gasteiger partial charge in [-0.1, -0.05) is 6.92 Å². The van der Waals surface area contributed by atoms with E-state index in [9.17, 15) is 0 Å². The number of guanidine groups is 1. The van der Waals surface area contributed by atoms with E-state index in [-0.39, 0.29) is 0 Å². The molecule has 118 valence electrons. The molecule has 1 aliphatic rings. The van der Waals surface area contributed by atoms with E-state index in [4.69, 9.17) is 4.74 Å². The van der Waals surface area contributed by atoms with Crippen LogP contribution in [0.25, 0.3) is 0 Å². The van der Waals surface area contributed by atoms with Crippen LogP contribution in [0.3, 0.4) is 0 Å². The number of nitrogens with zero attached hydrogens (tertiary/aromatic N) is 2. The Morgan fingerprint density at radius 2 is 1.95 bits per heavy atom. The van der Waals surface area contributed by atoms with E-state index in [1.807, 2.05) is 14.0 Å². The Kier molecular flexibility index (Phi) is 9.41. The number of hydrogen-bond donors (Lipinski definition) is 2. The standard InChI is InChI=1S/C15H32N4O/c1-4-20-13-5-8-17-15(16-3)18-9-12-19-10-6-14(2)7-11-19/h14H,4-13H2,1-3H3,(H2,16,17,18). The maximum Gasteiger partial charge on any atom is 0.191 e. The van der Waals surface area contributed by atoms with Gasteiger partial charge in [0.25, 0.3) is 0 Å². The zero-order valence-electron chi connectivity index (χ0n) is 13.5. The summed E-state index contributed by atoms with van der Waals surface area (Å²) >= 11 is 0. The fraction of sp³-hybridized carbons (Fsp3) is 0.933. The average molecular weight is 284 g/mol. The van der Waals surface area contributed by atoms with Crippen molar-refractivity contribution in [1.29, 1.82) is 0 Å². The third-order valence-electron chi connectivity index (χ3n) is 3.78. The van der Waals surface area contributed by atoms with Crippen LogP contribution in [-0.2, 0) is 4.74 Å². The van der Waals surface area contributed by atoms with Crippen molar-refractivity contribution in [1.82, 2.24) is 15.5 Å². The van der Waals surface area contributed by atoms with Crippen molar-refractivity contribution >= 4 is 5.96 Å². The van der Waals surface area contributed by atoms with Crippen molar-refractivity contribution in [3.63, 3.8) is 0 Å². The van der Waals surface area contributed by atoms with Gasteiger partial charge in [0.05, 0.1) is 0 Å². The van der Waals surface area contributed by atoms with Crippen molar-refractivity contribution in [3.8, 4) is 0 Å². The van der Waals surface area contributed by atoms with Crippen LogP contribution >= 0.6 is 0 Å². The van der Waals surface area contributed by atoms with E-state index in [1.54, 1.807) is 0 Å². The van der Waals surface area contributed by atoms with Crippen LogP contribution in [0.5, 0.6) is 0 Å². The molecule has 0 radical (unpaired) electrons. The molecule has 20 heavy (non-hydrogen) atoms. The van der Waals surface area contributed by atoms with Crippen LogP contribution in [0.4, 0.5) is 0 Å². The molecule has 1 heterocycles. The van der Waals surface area contributed by atoms with Crippen LogP contribution in [0.15, 0.2) is 4.99 Å². The number of rotatable bonds is 8. The second-order valence-corrected chi connectivity index (χ2v) is 5.50. The Hall–Kier alpha value is -0.810. The lowest BCUT2D eigenvalue weighted by Gasteiger charge is -2.30. The van der Waals surface area contributed by atoms with Crippen LogP contribution in [0, 0.1) is 5.92 Å². The Bertz CT molecular complexity index is 263. The van der Waals surface area contributed by atoms with Gasteiger partial charge in [-0.15, -0.1) is 0 Å². The summed E-state index contributed by atoms with van der Waals surface area (Å²) in [6.45, 7) is 11.4. The highest BCUT2D eigenvalue weighted by Crippen LogP contribution is 2.14. The first kappa shape index (κ1) is 17.2. The molecule has 2 N–H and O–H groups in total. The number of ether oxygens (including phenoxy) is 1. The molecule has 1 aliphatic heterocycles. The predicted molar refractivity (Wildman–Crippen MR) is 85.3 cm³/mol. The van der Waals surface area contributed by atoms with E-state index >= 15 is 0 Å². The van der Waals surface area contributed by atoms with Gasteiger partial charge in [0, 0.05) is 39.9 Å². The number of likely N-dealkylation sites (tertiary alicyclic amines) is 1. The monoisotopic (exact) mass is 284 g/mol.